The Morgan fingerprint density at radius 3 is 2.58 bits per heavy atom. The van der Waals surface area contributed by atoms with Crippen LogP contribution in [0.2, 0.25) is 5.15 Å². The van der Waals surface area contributed by atoms with Gasteiger partial charge < -0.3 is 0 Å². The average Bonchev–Trinajstić information content (AvgIpc) is 2.40. The van der Waals surface area contributed by atoms with Gasteiger partial charge in [-0.05, 0) is 22.6 Å². The lowest BCUT2D eigenvalue weighted by Gasteiger charge is -2.18. The maximum absolute atomic E-state index is 14.0. The summed E-state index contributed by atoms with van der Waals surface area (Å²) in [6.45, 7) is -0.768. The molecule has 0 radical (unpaired) electrons. The third-order valence-electron chi connectivity index (χ3n) is 2.51. The van der Waals surface area contributed by atoms with Gasteiger partial charge in [-0.3, -0.25) is 9.36 Å². The zero-order valence-electron chi connectivity index (χ0n) is 9.49. The standard InChI is InChI=1S/C12H8ClF2IN2O/c13-10-9(16)11(19)18(7-17-10)6-12(14,15)8-4-2-1-3-5-8/h1-5,7H,6H2. The summed E-state index contributed by atoms with van der Waals surface area (Å²) in [6, 6.07) is 7.34. The van der Waals surface area contributed by atoms with Crippen molar-refractivity contribution in [3.05, 3.63) is 61.3 Å². The second-order valence-corrected chi connectivity index (χ2v) is 5.29. The third kappa shape index (κ3) is 3.11. The first-order chi connectivity index (χ1) is 8.92. The van der Waals surface area contributed by atoms with Crippen molar-refractivity contribution in [3.63, 3.8) is 0 Å². The fourth-order valence-electron chi connectivity index (χ4n) is 1.54. The summed E-state index contributed by atoms with van der Waals surface area (Å²) in [7, 11) is 0. The monoisotopic (exact) mass is 396 g/mol. The fourth-order valence-corrected chi connectivity index (χ4v) is 2.12. The Kier molecular flexibility index (Phi) is 4.19. The molecule has 100 valence electrons. The van der Waals surface area contributed by atoms with Crippen LogP contribution in [0.1, 0.15) is 5.56 Å². The molecular weight excluding hydrogens is 388 g/mol. The van der Waals surface area contributed by atoms with Crippen LogP contribution >= 0.6 is 34.2 Å². The van der Waals surface area contributed by atoms with E-state index in [2.05, 4.69) is 4.98 Å². The van der Waals surface area contributed by atoms with Crippen LogP contribution in [-0.2, 0) is 12.5 Å². The van der Waals surface area contributed by atoms with Gasteiger partial charge in [-0.1, -0.05) is 41.9 Å². The molecule has 0 aliphatic heterocycles. The van der Waals surface area contributed by atoms with Crippen LogP contribution in [0.3, 0.4) is 0 Å². The van der Waals surface area contributed by atoms with E-state index in [-0.39, 0.29) is 14.3 Å². The van der Waals surface area contributed by atoms with Crippen LogP contribution in [-0.4, -0.2) is 9.55 Å². The molecule has 0 amide bonds. The SMILES string of the molecule is O=c1c(I)c(Cl)ncn1CC(F)(F)c1ccccc1. The molecule has 0 spiro atoms. The molecule has 2 rings (SSSR count). The molecule has 1 aromatic carbocycles. The minimum atomic E-state index is -3.15. The topological polar surface area (TPSA) is 34.9 Å². The van der Waals surface area contributed by atoms with E-state index in [0.717, 1.165) is 10.9 Å². The number of benzene rings is 1. The van der Waals surface area contributed by atoms with E-state index in [0.29, 0.717) is 0 Å². The Balaban J connectivity index is 2.36. The number of aromatic nitrogens is 2. The Hall–Kier alpha value is -1.02. The second kappa shape index (κ2) is 5.54. The van der Waals surface area contributed by atoms with Crippen molar-refractivity contribution >= 4 is 34.2 Å². The van der Waals surface area contributed by atoms with E-state index in [9.17, 15) is 13.6 Å². The van der Waals surface area contributed by atoms with Crippen molar-refractivity contribution in [1.29, 1.82) is 0 Å². The van der Waals surface area contributed by atoms with Crippen LogP contribution < -0.4 is 5.56 Å². The molecule has 0 bridgehead atoms. The number of halogens is 4. The second-order valence-electron chi connectivity index (χ2n) is 3.85. The average molecular weight is 397 g/mol. The largest absolute Gasteiger partial charge is 0.292 e. The van der Waals surface area contributed by atoms with Gasteiger partial charge in [0.15, 0.2) is 0 Å². The molecule has 19 heavy (non-hydrogen) atoms. The highest BCUT2D eigenvalue weighted by Gasteiger charge is 2.32. The summed E-state index contributed by atoms with van der Waals surface area (Å²) in [5, 5.41) is 0.0184. The van der Waals surface area contributed by atoms with E-state index >= 15 is 0 Å². The first kappa shape index (κ1) is 14.4. The van der Waals surface area contributed by atoms with Crippen molar-refractivity contribution in [2.45, 2.75) is 12.5 Å². The Morgan fingerprint density at radius 1 is 1.32 bits per heavy atom. The predicted octanol–water partition coefficient (Wildman–Crippen LogP) is 3.29. The molecule has 0 aliphatic rings. The molecule has 0 fully saturated rings. The highest BCUT2D eigenvalue weighted by Crippen LogP contribution is 2.29. The van der Waals surface area contributed by atoms with E-state index in [1.54, 1.807) is 28.7 Å². The van der Waals surface area contributed by atoms with Gasteiger partial charge in [0.25, 0.3) is 11.5 Å². The Labute approximate surface area is 126 Å². The van der Waals surface area contributed by atoms with Crippen molar-refractivity contribution in [2.75, 3.05) is 0 Å². The number of hydrogen-bond acceptors (Lipinski definition) is 2. The van der Waals surface area contributed by atoms with Crippen molar-refractivity contribution < 1.29 is 8.78 Å². The Morgan fingerprint density at radius 2 is 1.95 bits per heavy atom. The van der Waals surface area contributed by atoms with Gasteiger partial charge >= 0.3 is 0 Å². The third-order valence-corrected chi connectivity index (χ3v) is 4.08. The van der Waals surface area contributed by atoms with E-state index in [1.165, 1.54) is 24.3 Å². The van der Waals surface area contributed by atoms with Gasteiger partial charge in [0.05, 0.1) is 12.9 Å². The summed E-state index contributed by atoms with van der Waals surface area (Å²) >= 11 is 7.34. The lowest BCUT2D eigenvalue weighted by molar-refractivity contribution is -0.0234. The van der Waals surface area contributed by atoms with Crippen molar-refractivity contribution in [1.82, 2.24) is 9.55 Å². The molecule has 1 heterocycles. The number of hydrogen-bond donors (Lipinski definition) is 0. The summed E-state index contributed by atoms with van der Waals surface area (Å²) in [6.07, 6.45) is 1.03. The molecule has 0 saturated carbocycles. The van der Waals surface area contributed by atoms with Crippen molar-refractivity contribution in [3.8, 4) is 0 Å². The Bertz CT molecular complexity index is 646. The molecule has 0 N–H and O–H groups in total. The van der Waals surface area contributed by atoms with Crippen molar-refractivity contribution in [2.24, 2.45) is 0 Å². The molecule has 2 aromatic rings. The summed E-state index contributed by atoms with van der Waals surface area (Å²) in [4.78, 5) is 15.5. The molecule has 1 aromatic heterocycles. The molecule has 3 nitrogen and oxygen atoms in total. The molecule has 0 aliphatic carbocycles. The number of alkyl halides is 2. The van der Waals surface area contributed by atoms with Gasteiger partial charge in [0.2, 0.25) is 0 Å². The maximum atomic E-state index is 14.0. The van der Waals surface area contributed by atoms with Crippen LogP contribution in [0.4, 0.5) is 8.78 Å². The van der Waals surface area contributed by atoms with Gasteiger partial charge in [-0.15, -0.1) is 0 Å². The highest BCUT2D eigenvalue weighted by molar-refractivity contribution is 14.1. The zero-order valence-corrected chi connectivity index (χ0v) is 12.4. The normalized spacial score (nSPS) is 11.6. The molecule has 7 heteroatoms. The summed E-state index contributed by atoms with van der Waals surface area (Å²) in [5.41, 5.74) is -0.719. The zero-order chi connectivity index (χ0) is 14.0. The van der Waals surface area contributed by atoms with E-state index < -0.39 is 18.0 Å². The molecular formula is C12H8ClF2IN2O. The van der Waals surface area contributed by atoms with Crippen LogP contribution in [0.25, 0.3) is 0 Å². The van der Waals surface area contributed by atoms with E-state index in [4.69, 9.17) is 11.6 Å². The van der Waals surface area contributed by atoms with Crippen LogP contribution in [0.5, 0.6) is 0 Å². The van der Waals surface area contributed by atoms with E-state index in [1.807, 2.05) is 0 Å². The smallest absolute Gasteiger partial charge is 0.290 e. The van der Waals surface area contributed by atoms with Crippen LogP contribution in [0.15, 0.2) is 41.5 Å². The lowest BCUT2D eigenvalue weighted by atomic mass is 10.1. The summed E-state index contributed by atoms with van der Waals surface area (Å²) in [5.74, 6) is -3.15. The van der Waals surface area contributed by atoms with Gasteiger partial charge in [-0.2, -0.15) is 8.78 Å². The fraction of sp³-hybridized carbons (Fsp3) is 0.167. The minimum absolute atomic E-state index is 0.0184. The molecule has 0 unspecified atom stereocenters. The maximum Gasteiger partial charge on any atom is 0.290 e. The van der Waals surface area contributed by atoms with Crippen LogP contribution in [0, 0.1) is 3.57 Å². The highest BCUT2D eigenvalue weighted by atomic mass is 127. The molecule has 0 atom stereocenters. The molecule has 0 saturated heterocycles. The lowest BCUT2D eigenvalue weighted by Crippen LogP contribution is -2.31. The quantitative estimate of drug-likeness (QED) is 0.589. The predicted molar refractivity (Wildman–Crippen MR) is 76.6 cm³/mol. The van der Waals surface area contributed by atoms with Gasteiger partial charge in [-0.25, -0.2) is 4.98 Å². The summed E-state index contributed by atoms with van der Waals surface area (Å²) < 4.78 is 29.1. The number of nitrogens with zero attached hydrogens (tertiary/aromatic N) is 2. The van der Waals surface area contributed by atoms with Gasteiger partial charge in [0, 0.05) is 5.56 Å². The first-order valence-corrected chi connectivity index (χ1v) is 6.71. The first-order valence-electron chi connectivity index (χ1n) is 5.25. The minimum Gasteiger partial charge on any atom is -0.292 e. The van der Waals surface area contributed by atoms with Gasteiger partial charge in [0.1, 0.15) is 8.72 Å². The number of rotatable bonds is 3.